The van der Waals surface area contributed by atoms with Crippen LogP contribution in [-0.4, -0.2) is 25.0 Å². The molecular formula is C21H25NO3. The van der Waals surface area contributed by atoms with Gasteiger partial charge in [0.1, 0.15) is 0 Å². The van der Waals surface area contributed by atoms with Crippen molar-refractivity contribution in [1.82, 2.24) is 5.32 Å². The topological polar surface area (TPSA) is 39.7 Å². The minimum Gasteiger partial charge on any atom is -0.454 e. The minimum atomic E-state index is -0.0773. The Labute approximate surface area is 149 Å². The Balaban J connectivity index is 1.63. The molecule has 0 unspecified atom stereocenters. The van der Waals surface area contributed by atoms with Crippen molar-refractivity contribution >= 4 is 0 Å². The van der Waals surface area contributed by atoms with Gasteiger partial charge in [0.25, 0.3) is 0 Å². The van der Waals surface area contributed by atoms with Crippen LogP contribution in [0.1, 0.15) is 43.9 Å². The lowest BCUT2D eigenvalue weighted by Gasteiger charge is -2.38. The molecule has 4 rings (SSSR count). The van der Waals surface area contributed by atoms with E-state index in [9.17, 15) is 0 Å². The van der Waals surface area contributed by atoms with E-state index < -0.39 is 0 Å². The van der Waals surface area contributed by atoms with E-state index in [1.807, 2.05) is 6.07 Å². The monoisotopic (exact) mass is 339 g/mol. The molecule has 4 heteroatoms. The van der Waals surface area contributed by atoms with Crippen LogP contribution in [0.25, 0.3) is 0 Å². The predicted molar refractivity (Wildman–Crippen MR) is 97.0 cm³/mol. The van der Waals surface area contributed by atoms with E-state index in [4.69, 9.17) is 14.2 Å². The molecule has 0 bridgehead atoms. The van der Waals surface area contributed by atoms with Gasteiger partial charge in [0, 0.05) is 12.6 Å². The molecular weight excluding hydrogens is 314 g/mol. The van der Waals surface area contributed by atoms with Crippen LogP contribution >= 0.6 is 0 Å². The zero-order chi connectivity index (χ0) is 17.3. The molecule has 2 aromatic rings. The number of benzene rings is 2. The lowest BCUT2D eigenvalue weighted by Crippen LogP contribution is -2.45. The molecule has 2 aliphatic heterocycles. The normalized spacial score (nSPS) is 22.6. The smallest absolute Gasteiger partial charge is 0.231 e. The molecule has 1 saturated heterocycles. The van der Waals surface area contributed by atoms with Gasteiger partial charge in [-0.05, 0) is 49.9 Å². The lowest BCUT2D eigenvalue weighted by atomic mass is 9.91. The first-order valence-corrected chi connectivity index (χ1v) is 8.95. The fourth-order valence-electron chi connectivity index (χ4n) is 3.73. The van der Waals surface area contributed by atoms with Crippen molar-refractivity contribution in [2.45, 2.75) is 44.4 Å². The van der Waals surface area contributed by atoms with Gasteiger partial charge in [-0.3, -0.25) is 0 Å². The van der Waals surface area contributed by atoms with E-state index in [2.05, 4.69) is 61.6 Å². The summed E-state index contributed by atoms with van der Waals surface area (Å²) in [4.78, 5) is 0. The second-order valence-corrected chi connectivity index (χ2v) is 7.42. The number of hydrogen-bond donors (Lipinski definition) is 1. The molecule has 1 N–H and O–H groups in total. The van der Waals surface area contributed by atoms with Crippen LogP contribution in [0.2, 0.25) is 0 Å². The van der Waals surface area contributed by atoms with Gasteiger partial charge in [-0.25, -0.2) is 0 Å². The Bertz CT molecular complexity index is 729. The molecule has 132 valence electrons. The van der Waals surface area contributed by atoms with Crippen LogP contribution in [-0.2, 0) is 4.74 Å². The van der Waals surface area contributed by atoms with Crippen molar-refractivity contribution in [3.05, 3.63) is 59.7 Å². The first kappa shape index (κ1) is 16.4. The molecule has 0 amide bonds. The highest BCUT2D eigenvalue weighted by atomic mass is 16.7. The van der Waals surface area contributed by atoms with Crippen molar-refractivity contribution in [2.24, 2.45) is 0 Å². The van der Waals surface area contributed by atoms with Crippen molar-refractivity contribution in [2.75, 3.05) is 13.4 Å². The molecule has 2 aliphatic rings. The summed E-state index contributed by atoms with van der Waals surface area (Å²) < 4.78 is 16.9. The third-order valence-electron chi connectivity index (χ3n) is 4.96. The fourth-order valence-corrected chi connectivity index (χ4v) is 3.73. The lowest BCUT2D eigenvalue weighted by molar-refractivity contribution is -0.0637. The van der Waals surface area contributed by atoms with Crippen LogP contribution in [0, 0.1) is 0 Å². The molecule has 1 fully saturated rings. The standard InChI is InChI=1S/C21H25NO3/c1-21(2)13-17(10-11-25-21)22-20(15-6-4-3-5-7-15)16-8-9-18-19(12-16)24-14-23-18/h3-9,12,17,20,22H,10-11,13-14H2,1-2H3/t17-,20+/m1/s1. The first-order chi connectivity index (χ1) is 12.1. The van der Waals surface area contributed by atoms with E-state index in [0.717, 1.165) is 30.9 Å². The van der Waals surface area contributed by atoms with E-state index in [1.165, 1.54) is 11.1 Å². The van der Waals surface area contributed by atoms with E-state index in [-0.39, 0.29) is 11.6 Å². The molecule has 0 aromatic heterocycles. The van der Waals surface area contributed by atoms with Gasteiger partial charge < -0.3 is 19.5 Å². The SMILES string of the molecule is CC1(C)C[C@H](N[C@@H](c2ccccc2)c2ccc3c(c2)OCO3)CCO1. The third kappa shape index (κ3) is 3.65. The van der Waals surface area contributed by atoms with Crippen LogP contribution in [0.15, 0.2) is 48.5 Å². The second kappa shape index (κ2) is 6.70. The maximum Gasteiger partial charge on any atom is 0.231 e. The quantitative estimate of drug-likeness (QED) is 0.912. The number of hydrogen-bond acceptors (Lipinski definition) is 4. The molecule has 0 saturated carbocycles. The summed E-state index contributed by atoms with van der Waals surface area (Å²) in [5.74, 6) is 1.65. The van der Waals surface area contributed by atoms with Crippen molar-refractivity contribution in [3.8, 4) is 11.5 Å². The van der Waals surface area contributed by atoms with E-state index in [1.54, 1.807) is 0 Å². The maximum atomic E-state index is 5.87. The highest BCUT2D eigenvalue weighted by molar-refractivity contribution is 5.47. The molecule has 2 aromatic carbocycles. The molecule has 2 atom stereocenters. The highest BCUT2D eigenvalue weighted by Gasteiger charge is 2.31. The first-order valence-electron chi connectivity index (χ1n) is 8.95. The third-order valence-corrected chi connectivity index (χ3v) is 4.96. The summed E-state index contributed by atoms with van der Waals surface area (Å²) in [6.45, 7) is 5.43. The highest BCUT2D eigenvalue weighted by Crippen LogP contribution is 2.36. The maximum absolute atomic E-state index is 5.87. The van der Waals surface area contributed by atoms with Gasteiger partial charge in [0.15, 0.2) is 11.5 Å². The largest absolute Gasteiger partial charge is 0.454 e. The fraction of sp³-hybridized carbons (Fsp3) is 0.429. The summed E-state index contributed by atoms with van der Waals surface area (Å²) >= 11 is 0. The van der Waals surface area contributed by atoms with Crippen LogP contribution in [0.3, 0.4) is 0 Å². The molecule has 0 radical (unpaired) electrons. The van der Waals surface area contributed by atoms with Crippen LogP contribution in [0.5, 0.6) is 11.5 Å². The van der Waals surface area contributed by atoms with Crippen LogP contribution in [0.4, 0.5) is 0 Å². The summed E-state index contributed by atoms with van der Waals surface area (Å²) in [6, 6.07) is 17.3. The van der Waals surface area contributed by atoms with Crippen molar-refractivity contribution < 1.29 is 14.2 Å². The van der Waals surface area contributed by atoms with Gasteiger partial charge >= 0.3 is 0 Å². The van der Waals surface area contributed by atoms with Gasteiger partial charge in [0.05, 0.1) is 11.6 Å². The van der Waals surface area contributed by atoms with Gasteiger partial charge in [-0.15, -0.1) is 0 Å². The summed E-state index contributed by atoms with van der Waals surface area (Å²) in [5.41, 5.74) is 2.37. The van der Waals surface area contributed by atoms with E-state index in [0.29, 0.717) is 12.8 Å². The zero-order valence-electron chi connectivity index (χ0n) is 14.8. The molecule has 2 heterocycles. The number of ether oxygens (including phenoxy) is 3. The number of fused-ring (bicyclic) bond motifs is 1. The summed E-state index contributed by atoms with van der Waals surface area (Å²) in [5, 5.41) is 3.86. The summed E-state index contributed by atoms with van der Waals surface area (Å²) in [7, 11) is 0. The number of nitrogens with one attached hydrogen (secondary N) is 1. The Morgan fingerprint density at radius 1 is 1.00 bits per heavy atom. The van der Waals surface area contributed by atoms with Crippen molar-refractivity contribution in [3.63, 3.8) is 0 Å². The van der Waals surface area contributed by atoms with Gasteiger partial charge in [-0.1, -0.05) is 36.4 Å². The van der Waals surface area contributed by atoms with Gasteiger partial charge in [0.2, 0.25) is 6.79 Å². The molecule has 0 spiro atoms. The molecule has 25 heavy (non-hydrogen) atoms. The zero-order valence-corrected chi connectivity index (χ0v) is 14.8. The summed E-state index contributed by atoms with van der Waals surface area (Å²) in [6.07, 6.45) is 2.03. The molecule has 0 aliphatic carbocycles. The predicted octanol–water partition coefficient (Wildman–Crippen LogP) is 4.05. The minimum absolute atomic E-state index is 0.0773. The Hall–Kier alpha value is -2.04. The Kier molecular flexibility index (Phi) is 4.40. The van der Waals surface area contributed by atoms with E-state index >= 15 is 0 Å². The second-order valence-electron chi connectivity index (χ2n) is 7.42. The van der Waals surface area contributed by atoms with Gasteiger partial charge in [-0.2, -0.15) is 0 Å². The van der Waals surface area contributed by atoms with Crippen molar-refractivity contribution in [1.29, 1.82) is 0 Å². The Morgan fingerprint density at radius 2 is 1.80 bits per heavy atom. The average molecular weight is 339 g/mol. The average Bonchev–Trinajstić information content (AvgIpc) is 3.07. The van der Waals surface area contributed by atoms with Crippen LogP contribution < -0.4 is 14.8 Å². The Morgan fingerprint density at radius 3 is 2.60 bits per heavy atom. The molecule has 4 nitrogen and oxygen atoms in total. The number of rotatable bonds is 4.